The van der Waals surface area contributed by atoms with Crippen LogP contribution in [0.5, 0.6) is 0 Å². The summed E-state index contributed by atoms with van der Waals surface area (Å²) in [6.45, 7) is 6.53. The van der Waals surface area contributed by atoms with Gasteiger partial charge in [0.25, 0.3) is 0 Å². The smallest absolute Gasteiger partial charge is 0.237 e. The van der Waals surface area contributed by atoms with Gasteiger partial charge in [0.05, 0.1) is 6.54 Å². The Labute approximate surface area is 116 Å². The van der Waals surface area contributed by atoms with Gasteiger partial charge in [-0.3, -0.25) is 4.79 Å². The maximum Gasteiger partial charge on any atom is 0.237 e. The van der Waals surface area contributed by atoms with Crippen LogP contribution in [0.3, 0.4) is 0 Å². The maximum absolute atomic E-state index is 12.1. The summed E-state index contributed by atoms with van der Waals surface area (Å²) in [5.74, 6) is 0.767. The summed E-state index contributed by atoms with van der Waals surface area (Å²) < 4.78 is 0. The predicted octanol–water partition coefficient (Wildman–Crippen LogP) is 2.26. The summed E-state index contributed by atoms with van der Waals surface area (Å²) in [5.41, 5.74) is 4.09. The van der Waals surface area contributed by atoms with Gasteiger partial charge in [-0.15, -0.1) is 0 Å². The maximum atomic E-state index is 12.1. The van der Waals surface area contributed by atoms with Crippen molar-refractivity contribution < 1.29 is 4.79 Å². The third-order valence-corrected chi connectivity index (χ3v) is 3.71. The van der Waals surface area contributed by atoms with Crippen molar-refractivity contribution in [1.29, 1.82) is 0 Å². The van der Waals surface area contributed by atoms with E-state index in [4.69, 9.17) is 0 Å². The molecule has 0 unspecified atom stereocenters. The van der Waals surface area contributed by atoms with Gasteiger partial charge in [0.1, 0.15) is 0 Å². The molecule has 2 rings (SSSR count). The lowest BCUT2D eigenvalue weighted by molar-refractivity contribution is -0.132. The molecule has 19 heavy (non-hydrogen) atoms. The lowest BCUT2D eigenvalue weighted by atomic mass is 9.93. The van der Waals surface area contributed by atoms with Gasteiger partial charge >= 0.3 is 0 Å². The van der Waals surface area contributed by atoms with Crippen molar-refractivity contribution in [2.75, 3.05) is 27.2 Å². The van der Waals surface area contributed by atoms with Crippen LogP contribution in [0.2, 0.25) is 0 Å². The minimum Gasteiger partial charge on any atom is -0.337 e. The molecule has 0 aromatic heterocycles. The third kappa shape index (κ3) is 3.35. The third-order valence-electron chi connectivity index (χ3n) is 3.71. The van der Waals surface area contributed by atoms with Crippen LogP contribution in [0, 0.1) is 0 Å². The highest BCUT2D eigenvalue weighted by Crippen LogP contribution is 2.24. The van der Waals surface area contributed by atoms with Crippen LogP contribution in [-0.2, 0) is 17.8 Å². The van der Waals surface area contributed by atoms with Gasteiger partial charge in [0.15, 0.2) is 0 Å². The van der Waals surface area contributed by atoms with Crippen molar-refractivity contribution in [2.24, 2.45) is 0 Å². The van der Waals surface area contributed by atoms with Crippen LogP contribution >= 0.6 is 0 Å². The number of carbonyl (C=O) groups is 1. The number of rotatable bonds is 3. The monoisotopic (exact) mass is 260 g/mol. The van der Waals surface area contributed by atoms with E-state index in [2.05, 4.69) is 32.0 Å². The Bertz CT molecular complexity index is 466. The normalized spacial score (nSPS) is 14.9. The molecule has 0 spiro atoms. The summed E-state index contributed by atoms with van der Waals surface area (Å²) in [6.07, 6.45) is 0.979. The molecule has 1 amide bonds. The van der Waals surface area contributed by atoms with E-state index in [9.17, 15) is 4.79 Å². The predicted molar refractivity (Wildman–Crippen MR) is 78.2 cm³/mol. The summed E-state index contributed by atoms with van der Waals surface area (Å²) >= 11 is 0. The van der Waals surface area contributed by atoms with E-state index in [1.54, 1.807) is 0 Å². The second-order valence-corrected chi connectivity index (χ2v) is 5.99. The standard InChI is InChI=1S/C16H24N2O/c1-12(2)14-6-5-13-7-8-18(10-15(13)9-14)16(19)11-17(3)4/h5-6,9,12H,7-8,10-11H2,1-4H3. The topological polar surface area (TPSA) is 23.6 Å². The number of hydrogen-bond donors (Lipinski definition) is 0. The highest BCUT2D eigenvalue weighted by atomic mass is 16.2. The Kier molecular flexibility index (Phi) is 4.25. The number of likely N-dealkylation sites (N-methyl/N-ethyl adjacent to an activating group) is 1. The van der Waals surface area contributed by atoms with Crippen molar-refractivity contribution in [1.82, 2.24) is 9.80 Å². The Hall–Kier alpha value is -1.35. The molecule has 1 heterocycles. The number of hydrogen-bond acceptors (Lipinski definition) is 2. The van der Waals surface area contributed by atoms with Crippen molar-refractivity contribution >= 4 is 5.91 Å². The van der Waals surface area contributed by atoms with Gasteiger partial charge in [-0.2, -0.15) is 0 Å². The molecule has 0 bridgehead atoms. The number of benzene rings is 1. The first kappa shape index (κ1) is 14.1. The van der Waals surface area contributed by atoms with Crippen molar-refractivity contribution in [3.05, 3.63) is 34.9 Å². The molecule has 0 aliphatic carbocycles. The Morgan fingerprint density at radius 3 is 2.68 bits per heavy atom. The zero-order valence-corrected chi connectivity index (χ0v) is 12.4. The summed E-state index contributed by atoms with van der Waals surface area (Å²) in [5, 5.41) is 0. The fraction of sp³-hybridized carbons (Fsp3) is 0.562. The Morgan fingerprint density at radius 1 is 1.32 bits per heavy atom. The van der Waals surface area contributed by atoms with Crippen molar-refractivity contribution in [3.8, 4) is 0 Å². The molecule has 1 aromatic rings. The van der Waals surface area contributed by atoms with Crippen LogP contribution in [-0.4, -0.2) is 42.9 Å². The fourth-order valence-corrected chi connectivity index (χ4v) is 2.52. The van der Waals surface area contributed by atoms with Gasteiger partial charge < -0.3 is 9.80 Å². The lowest BCUT2D eigenvalue weighted by Crippen LogP contribution is -2.40. The average molecular weight is 260 g/mol. The molecule has 0 saturated heterocycles. The van der Waals surface area contributed by atoms with Gasteiger partial charge in [-0.1, -0.05) is 32.0 Å². The molecule has 0 fully saturated rings. The number of carbonyl (C=O) groups excluding carboxylic acids is 1. The molecule has 0 N–H and O–H groups in total. The van der Waals surface area contributed by atoms with Crippen molar-refractivity contribution in [2.45, 2.75) is 32.7 Å². The molecule has 1 aliphatic heterocycles. The molecule has 3 heteroatoms. The van der Waals surface area contributed by atoms with Crippen LogP contribution in [0.4, 0.5) is 0 Å². The van der Waals surface area contributed by atoms with Crippen LogP contribution in [0.1, 0.15) is 36.5 Å². The summed E-state index contributed by atoms with van der Waals surface area (Å²) in [6, 6.07) is 6.73. The van der Waals surface area contributed by atoms with E-state index in [-0.39, 0.29) is 5.91 Å². The molecular weight excluding hydrogens is 236 g/mol. The molecule has 0 atom stereocenters. The molecule has 0 saturated carbocycles. The second-order valence-electron chi connectivity index (χ2n) is 5.99. The minimum absolute atomic E-state index is 0.227. The SMILES string of the molecule is CC(C)c1ccc2c(c1)CN(C(=O)CN(C)C)CC2. The first-order valence-corrected chi connectivity index (χ1v) is 7.01. The van der Waals surface area contributed by atoms with Crippen LogP contribution in [0.15, 0.2) is 18.2 Å². The second kappa shape index (κ2) is 5.74. The van der Waals surface area contributed by atoms with Gasteiger partial charge in [-0.05, 0) is 43.1 Å². The summed E-state index contributed by atoms with van der Waals surface area (Å²) in [4.78, 5) is 16.0. The highest BCUT2D eigenvalue weighted by molar-refractivity contribution is 5.78. The average Bonchev–Trinajstić information content (AvgIpc) is 2.36. The van der Waals surface area contributed by atoms with E-state index in [1.807, 2.05) is 23.9 Å². The molecule has 1 aliphatic rings. The summed E-state index contributed by atoms with van der Waals surface area (Å²) in [7, 11) is 3.87. The van der Waals surface area contributed by atoms with Crippen LogP contribution in [0.25, 0.3) is 0 Å². The zero-order chi connectivity index (χ0) is 14.0. The largest absolute Gasteiger partial charge is 0.337 e. The quantitative estimate of drug-likeness (QED) is 0.832. The first-order valence-electron chi connectivity index (χ1n) is 7.01. The number of amides is 1. The van der Waals surface area contributed by atoms with E-state index in [1.165, 1.54) is 16.7 Å². The van der Waals surface area contributed by atoms with Crippen LogP contribution < -0.4 is 0 Å². The number of nitrogens with zero attached hydrogens (tertiary/aromatic N) is 2. The molecule has 104 valence electrons. The fourth-order valence-electron chi connectivity index (χ4n) is 2.52. The zero-order valence-electron chi connectivity index (χ0n) is 12.4. The Morgan fingerprint density at radius 2 is 2.05 bits per heavy atom. The van der Waals surface area contributed by atoms with Crippen molar-refractivity contribution in [3.63, 3.8) is 0 Å². The molecular formula is C16H24N2O. The number of fused-ring (bicyclic) bond motifs is 1. The lowest BCUT2D eigenvalue weighted by Gasteiger charge is -2.30. The van der Waals surface area contributed by atoms with E-state index in [0.29, 0.717) is 12.5 Å². The molecule has 1 aromatic carbocycles. The Balaban J connectivity index is 2.13. The molecule has 0 radical (unpaired) electrons. The van der Waals surface area contributed by atoms with Gasteiger partial charge in [0.2, 0.25) is 5.91 Å². The first-order chi connectivity index (χ1) is 8.97. The highest BCUT2D eigenvalue weighted by Gasteiger charge is 2.21. The van der Waals surface area contributed by atoms with E-state index >= 15 is 0 Å². The molecule has 3 nitrogen and oxygen atoms in total. The van der Waals surface area contributed by atoms with Gasteiger partial charge in [-0.25, -0.2) is 0 Å². The van der Waals surface area contributed by atoms with E-state index in [0.717, 1.165) is 19.5 Å². The van der Waals surface area contributed by atoms with E-state index < -0.39 is 0 Å². The van der Waals surface area contributed by atoms with Gasteiger partial charge in [0, 0.05) is 13.1 Å². The minimum atomic E-state index is 0.227.